The van der Waals surface area contributed by atoms with Gasteiger partial charge in [-0.2, -0.15) is 0 Å². The molecule has 2 heteroatoms. The van der Waals surface area contributed by atoms with Crippen molar-refractivity contribution in [1.29, 1.82) is 0 Å². The van der Waals surface area contributed by atoms with Gasteiger partial charge in [0, 0.05) is 24.4 Å². The van der Waals surface area contributed by atoms with Gasteiger partial charge in [-0.15, -0.1) is 0 Å². The van der Waals surface area contributed by atoms with E-state index >= 15 is 0 Å². The van der Waals surface area contributed by atoms with Gasteiger partial charge in [0.15, 0.2) is 0 Å². The maximum atomic E-state index is 11.8. The van der Waals surface area contributed by atoms with Crippen molar-refractivity contribution in [2.45, 2.75) is 37.5 Å². The molecule has 0 saturated carbocycles. The Morgan fingerprint density at radius 2 is 1.33 bits per heavy atom. The monoisotopic (exact) mass is 357 g/mol. The molecule has 1 aliphatic rings. The Balaban J connectivity index is 1.70. The second-order valence-corrected chi connectivity index (χ2v) is 7.78. The largest absolute Gasteiger partial charge is 0.389 e. The normalized spacial score (nSPS) is 28.0. The molecule has 0 radical (unpaired) electrons. The fourth-order valence-electron chi connectivity index (χ4n) is 4.40. The summed E-state index contributed by atoms with van der Waals surface area (Å²) < 4.78 is 0. The molecule has 1 aliphatic heterocycles. The van der Waals surface area contributed by atoms with Gasteiger partial charge >= 0.3 is 0 Å². The molecular weight excluding hydrogens is 330 g/mol. The minimum Gasteiger partial charge on any atom is -0.389 e. The molecule has 1 saturated heterocycles. The molecule has 3 aromatic carbocycles. The maximum absolute atomic E-state index is 11.8. The Labute approximate surface area is 161 Å². The van der Waals surface area contributed by atoms with Crippen LogP contribution in [0.1, 0.15) is 42.1 Å². The highest BCUT2D eigenvalue weighted by Crippen LogP contribution is 2.44. The van der Waals surface area contributed by atoms with Crippen LogP contribution < -0.4 is 5.32 Å². The van der Waals surface area contributed by atoms with Crippen LogP contribution in [0.3, 0.4) is 0 Å². The van der Waals surface area contributed by atoms with Gasteiger partial charge in [0.25, 0.3) is 0 Å². The zero-order chi connectivity index (χ0) is 18.7. The smallest absolute Gasteiger partial charge is 0.0749 e. The van der Waals surface area contributed by atoms with Gasteiger partial charge in [-0.3, -0.25) is 0 Å². The van der Waals surface area contributed by atoms with Crippen molar-refractivity contribution in [2.24, 2.45) is 5.92 Å². The molecule has 2 nitrogen and oxygen atoms in total. The van der Waals surface area contributed by atoms with Crippen molar-refractivity contribution in [1.82, 2.24) is 5.32 Å². The second-order valence-electron chi connectivity index (χ2n) is 7.78. The zero-order valence-corrected chi connectivity index (χ0v) is 15.8. The molecule has 0 spiro atoms. The van der Waals surface area contributed by atoms with E-state index < -0.39 is 5.60 Å². The van der Waals surface area contributed by atoms with E-state index in [-0.39, 0.29) is 18.0 Å². The van der Waals surface area contributed by atoms with E-state index in [1.54, 1.807) is 0 Å². The van der Waals surface area contributed by atoms with E-state index in [2.05, 4.69) is 72.9 Å². The summed E-state index contributed by atoms with van der Waals surface area (Å²) in [6.45, 7) is 2.18. The summed E-state index contributed by atoms with van der Waals surface area (Å²) in [5.74, 6) is 0.0973. The van der Waals surface area contributed by atoms with Crippen molar-refractivity contribution >= 4 is 0 Å². The number of rotatable bonds is 4. The second kappa shape index (κ2) is 7.67. The Kier molecular flexibility index (Phi) is 5.11. The van der Waals surface area contributed by atoms with Crippen LogP contribution >= 0.6 is 0 Å². The number of hydrogen-bond acceptors (Lipinski definition) is 2. The average molecular weight is 357 g/mol. The van der Waals surface area contributed by atoms with Crippen LogP contribution in [-0.2, 0) is 6.42 Å². The van der Waals surface area contributed by atoms with Crippen LogP contribution in [-0.4, -0.2) is 10.7 Å². The molecule has 0 aromatic heterocycles. The van der Waals surface area contributed by atoms with E-state index in [9.17, 15) is 5.11 Å². The fraction of sp³-hybridized carbons (Fsp3) is 0.280. The molecule has 1 fully saturated rings. The molecule has 0 aliphatic carbocycles. The van der Waals surface area contributed by atoms with Crippen molar-refractivity contribution in [3.05, 3.63) is 108 Å². The van der Waals surface area contributed by atoms with Crippen LogP contribution in [0.15, 0.2) is 91.0 Å². The number of benzene rings is 3. The third-order valence-corrected chi connectivity index (χ3v) is 6.00. The van der Waals surface area contributed by atoms with Gasteiger partial charge in [0.2, 0.25) is 0 Å². The van der Waals surface area contributed by atoms with Gasteiger partial charge in [-0.05, 0) is 23.1 Å². The lowest BCUT2D eigenvalue weighted by molar-refractivity contribution is -0.0674. The molecule has 3 aromatic rings. The van der Waals surface area contributed by atoms with Crippen molar-refractivity contribution in [2.75, 3.05) is 0 Å². The van der Waals surface area contributed by atoms with Crippen molar-refractivity contribution in [3.8, 4) is 0 Å². The van der Waals surface area contributed by atoms with Crippen molar-refractivity contribution in [3.63, 3.8) is 0 Å². The lowest BCUT2D eigenvalue weighted by Crippen LogP contribution is -2.53. The minimum atomic E-state index is -0.770. The quantitative estimate of drug-likeness (QED) is 0.683. The molecule has 0 unspecified atom stereocenters. The highest BCUT2D eigenvalue weighted by atomic mass is 16.3. The molecule has 1 heterocycles. The summed E-state index contributed by atoms with van der Waals surface area (Å²) in [5, 5.41) is 15.6. The lowest BCUT2D eigenvalue weighted by atomic mass is 9.69. The third-order valence-electron chi connectivity index (χ3n) is 6.00. The van der Waals surface area contributed by atoms with Crippen LogP contribution in [0.25, 0.3) is 0 Å². The fourth-order valence-corrected chi connectivity index (χ4v) is 4.40. The maximum Gasteiger partial charge on any atom is 0.0749 e. The number of nitrogens with one attached hydrogen (secondary N) is 1. The van der Waals surface area contributed by atoms with Gasteiger partial charge in [0.05, 0.1) is 5.60 Å². The van der Waals surface area contributed by atoms with E-state index in [1.165, 1.54) is 16.7 Å². The number of hydrogen-bond donors (Lipinski definition) is 2. The summed E-state index contributed by atoms with van der Waals surface area (Å²) in [7, 11) is 0. The van der Waals surface area contributed by atoms with Crippen LogP contribution in [0.2, 0.25) is 0 Å². The first-order valence-electron chi connectivity index (χ1n) is 9.78. The first-order valence-corrected chi connectivity index (χ1v) is 9.78. The van der Waals surface area contributed by atoms with Crippen LogP contribution in [0, 0.1) is 5.92 Å². The summed E-state index contributed by atoms with van der Waals surface area (Å²) in [4.78, 5) is 0. The molecule has 4 atom stereocenters. The number of piperidine rings is 1. The predicted molar refractivity (Wildman–Crippen MR) is 110 cm³/mol. The van der Waals surface area contributed by atoms with E-state index in [1.807, 2.05) is 30.3 Å². The highest BCUT2D eigenvalue weighted by Gasteiger charge is 2.45. The highest BCUT2D eigenvalue weighted by molar-refractivity contribution is 5.28. The van der Waals surface area contributed by atoms with Crippen LogP contribution in [0.4, 0.5) is 0 Å². The van der Waals surface area contributed by atoms with Gasteiger partial charge in [-0.25, -0.2) is 0 Å². The van der Waals surface area contributed by atoms with E-state index in [0.717, 1.165) is 0 Å². The van der Waals surface area contributed by atoms with E-state index in [4.69, 9.17) is 0 Å². The predicted octanol–water partition coefficient (Wildman–Crippen LogP) is 5.07. The summed E-state index contributed by atoms with van der Waals surface area (Å²) in [6, 6.07) is 31.6. The molecule has 27 heavy (non-hydrogen) atoms. The third kappa shape index (κ3) is 3.83. The first-order chi connectivity index (χ1) is 13.2. The van der Waals surface area contributed by atoms with Gasteiger partial charge < -0.3 is 10.4 Å². The Morgan fingerprint density at radius 1 is 0.815 bits per heavy atom. The lowest BCUT2D eigenvalue weighted by Gasteiger charge is -2.48. The van der Waals surface area contributed by atoms with Crippen LogP contribution in [0.5, 0.6) is 0 Å². The summed E-state index contributed by atoms with van der Waals surface area (Å²) in [5.41, 5.74) is 2.88. The first kappa shape index (κ1) is 18.0. The zero-order valence-electron chi connectivity index (χ0n) is 15.8. The minimum absolute atomic E-state index is 0.0973. The van der Waals surface area contributed by atoms with Gasteiger partial charge in [-0.1, -0.05) is 97.9 Å². The molecule has 0 bridgehead atoms. The van der Waals surface area contributed by atoms with E-state index in [0.29, 0.717) is 12.8 Å². The Hall–Kier alpha value is -2.42. The average Bonchev–Trinajstić information content (AvgIpc) is 2.72. The molecule has 0 amide bonds. The molecule has 138 valence electrons. The summed E-state index contributed by atoms with van der Waals surface area (Å²) >= 11 is 0. The standard InChI is InChI=1S/C25H27NO/c1-19-24(22-15-9-4-10-16-22)26-23(21-13-7-3-8-14-21)18-25(19,27)17-20-11-5-2-6-12-20/h2-16,19,23-24,26-27H,17-18H2,1H3/t19-,23+,24+,25-/m0/s1. The van der Waals surface area contributed by atoms with Gasteiger partial charge in [0.1, 0.15) is 0 Å². The molecule has 4 rings (SSSR count). The number of aliphatic hydroxyl groups is 1. The SMILES string of the molecule is C[C@H]1[C@H](c2ccccc2)N[C@@H](c2ccccc2)C[C@@]1(O)Cc1ccccc1. The van der Waals surface area contributed by atoms with Crippen molar-refractivity contribution < 1.29 is 5.11 Å². The Bertz CT molecular complexity index is 849. The topological polar surface area (TPSA) is 32.3 Å². The Morgan fingerprint density at radius 3 is 1.93 bits per heavy atom. The summed E-state index contributed by atoms with van der Waals surface area (Å²) in [6.07, 6.45) is 1.37. The molecule has 2 N–H and O–H groups in total. The molecular formula is C25H27NO.